The Morgan fingerprint density at radius 2 is 1.61 bits per heavy atom. The molecule has 0 aromatic heterocycles. The van der Waals surface area contributed by atoms with Crippen LogP contribution in [0.3, 0.4) is 0 Å². The van der Waals surface area contributed by atoms with Gasteiger partial charge in [-0.05, 0) is 72.1 Å². The Labute approximate surface area is 272 Å². The largest absolute Gasteiger partial charge is 0.469 e. The summed E-state index contributed by atoms with van der Waals surface area (Å²) in [6.07, 6.45) is 7.01. The summed E-state index contributed by atoms with van der Waals surface area (Å²) in [7, 11) is 1.42. The van der Waals surface area contributed by atoms with Crippen LogP contribution in [0.2, 0.25) is 0 Å². The molecule has 3 aromatic rings. The number of nitrogens with zero attached hydrogens (tertiary/aromatic N) is 1. The van der Waals surface area contributed by atoms with Crippen LogP contribution in [0.5, 0.6) is 5.75 Å². The van der Waals surface area contributed by atoms with E-state index in [1.165, 1.54) is 12.7 Å². The van der Waals surface area contributed by atoms with Gasteiger partial charge in [0.15, 0.2) is 0 Å². The number of amides is 1. The predicted octanol–water partition coefficient (Wildman–Crippen LogP) is 7.81. The lowest BCUT2D eigenvalue weighted by Crippen LogP contribution is -2.35. The van der Waals surface area contributed by atoms with Crippen molar-refractivity contribution in [2.45, 2.75) is 83.7 Å². The van der Waals surface area contributed by atoms with E-state index in [1.807, 2.05) is 49.1 Å². The van der Waals surface area contributed by atoms with E-state index in [-0.39, 0.29) is 24.6 Å². The first-order valence-corrected chi connectivity index (χ1v) is 16.5. The van der Waals surface area contributed by atoms with Crippen LogP contribution in [0.25, 0.3) is 11.1 Å². The molecule has 1 saturated heterocycles. The van der Waals surface area contributed by atoms with Crippen molar-refractivity contribution in [3.05, 3.63) is 89.0 Å². The van der Waals surface area contributed by atoms with Crippen molar-refractivity contribution in [3.63, 3.8) is 0 Å². The maximum Gasteiger partial charge on any atom is 0.410 e. The first kappa shape index (κ1) is 33.5. The van der Waals surface area contributed by atoms with Gasteiger partial charge in [0.05, 0.1) is 26.7 Å². The number of benzene rings is 3. The van der Waals surface area contributed by atoms with Crippen molar-refractivity contribution < 1.29 is 33.3 Å². The second kappa shape index (κ2) is 16.1. The first-order chi connectivity index (χ1) is 22.3. The number of carbonyl (C=O) groups is 2. The first-order valence-electron chi connectivity index (χ1n) is 16.5. The summed E-state index contributed by atoms with van der Waals surface area (Å²) < 4.78 is 28.0. The van der Waals surface area contributed by atoms with Gasteiger partial charge in [0.2, 0.25) is 5.79 Å². The minimum absolute atomic E-state index is 0.230. The number of ether oxygens (including phenoxy) is 5. The van der Waals surface area contributed by atoms with Crippen molar-refractivity contribution in [1.82, 2.24) is 4.90 Å². The molecule has 5 rings (SSSR count). The fourth-order valence-electron chi connectivity index (χ4n) is 5.92. The number of rotatable bonds is 16. The summed E-state index contributed by atoms with van der Waals surface area (Å²) in [4.78, 5) is 25.9. The Balaban J connectivity index is 0.914. The second-order valence-corrected chi connectivity index (χ2v) is 12.6. The van der Waals surface area contributed by atoms with Gasteiger partial charge in [0, 0.05) is 39.2 Å². The molecule has 246 valence electrons. The molecule has 1 amide bonds. The molecule has 0 radical (unpaired) electrons. The van der Waals surface area contributed by atoms with E-state index in [0.717, 1.165) is 91.7 Å². The minimum atomic E-state index is -0.628. The molecule has 8 nitrogen and oxygen atoms in total. The number of hydrogen-bond donors (Lipinski definition) is 0. The fourth-order valence-corrected chi connectivity index (χ4v) is 5.92. The number of fused-ring (bicyclic) bond motifs is 1. The highest BCUT2D eigenvalue weighted by Crippen LogP contribution is 2.35. The lowest BCUT2D eigenvalue weighted by Gasteiger charge is -2.32. The van der Waals surface area contributed by atoms with Gasteiger partial charge < -0.3 is 28.6 Å². The Morgan fingerprint density at radius 1 is 0.891 bits per heavy atom. The van der Waals surface area contributed by atoms with Gasteiger partial charge in [-0.3, -0.25) is 4.79 Å². The number of carbonyl (C=O) groups excluding carboxylic acids is 2. The van der Waals surface area contributed by atoms with E-state index in [0.29, 0.717) is 19.7 Å². The molecule has 0 spiro atoms. The molecule has 0 aliphatic carbocycles. The highest BCUT2D eigenvalue weighted by atomic mass is 16.7. The zero-order valence-corrected chi connectivity index (χ0v) is 27.4. The van der Waals surface area contributed by atoms with Crippen LogP contribution >= 0.6 is 0 Å². The quantitative estimate of drug-likeness (QED) is 0.118. The third-order valence-electron chi connectivity index (χ3n) is 8.51. The van der Waals surface area contributed by atoms with Gasteiger partial charge in [0.25, 0.3) is 0 Å². The Hall–Kier alpha value is -3.88. The smallest absolute Gasteiger partial charge is 0.410 e. The summed E-state index contributed by atoms with van der Waals surface area (Å²) >= 11 is 0. The number of hydrogen-bond acceptors (Lipinski definition) is 7. The summed E-state index contributed by atoms with van der Waals surface area (Å²) in [6, 6.07) is 22.7. The monoisotopic (exact) mass is 629 g/mol. The molecule has 1 fully saturated rings. The summed E-state index contributed by atoms with van der Waals surface area (Å²) in [5.74, 6) is -0.0336. The van der Waals surface area contributed by atoms with E-state index in [2.05, 4.69) is 36.4 Å². The van der Waals surface area contributed by atoms with Crippen molar-refractivity contribution in [3.8, 4) is 16.9 Å². The standard InChI is InChI=1S/C38H47NO7/c1-38(2)44-27-33-25-32(17-18-34(33)46-38)35-26-39(37(41)45-35)19-7-4-5-8-20-43-21-9-6-12-28-13-10-15-30(22-28)31-16-11-14-29(23-31)24-36(40)42-3/h10-11,13-18,22-23,25,35H,4-9,12,19-21,24,26-27H2,1-3H3/t35-/m0/s1. The molecule has 0 bridgehead atoms. The highest BCUT2D eigenvalue weighted by Gasteiger charge is 2.33. The summed E-state index contributed by atoms with van der Waals surface area (Å²) in [5, 5.41) is 0. The minimum Gasteiger partial charge on any atom is -0.469 e. The molecular formula is C38H47NO7. The van der Waals surface area contributed by atoms with Crippen LogP contribution in [0.1, 0.15) is 80.7 Å². The zero-order valence-electron chi connectivity index (χ0n) is 27.4. The lowest BCUT2D eigenvalue weighted by atomic mass is 9.98. The average Bonchev–Trinajstić information content (AvgIpc) is 3.43. The number of unbranched alkanes of at least 4 members (excludes halogenated alkanes) is 4. The Kier molecular flexibility index (Phi) is 11.7. The molecule has 0 unspecified atom stereocenters. The molecule has 2 aliphatic heterocycles. The molecule has 2 aliphatic rings. The Morgan fingerprint density at radius 3 is 2.39 bits per heavy atom. The van der Waals surface area contributed by atoms with E-state index >= 15 is 0 Å². The molecule has 0 saturated carbocycles. The van der Waals surface area contributed by atoms with Gasteiger partial charge >= 0.3 is 12.1 Å². The predicted molar refractivity (Wildman–Crippen MR) is 177 cm³/mol. The van der Waals surface area contributed by atoms with E-state index in [4.69, 9.17) is 23.7 Å². The van der Waals surface area contributed by atoms with E-state index < -0.39 is 5.79 Å². The third-order valence-corrected chi connectivity index (χ3v) is 8.51. The lowest BCUT2D eigenvalue weighted by molar-refractivity contribution is -0.180. The highest BCUT2D eigenvalue weighted by molar-refractivity contribution is 5.74. The maximum atomic E-state index is 12.5. The molecule has 46 heavy (non-hydrogen) atoms. The van der Waals surface area contributed by atoms with Crippen LogP contribution in [0.15, 0.2) is 66.7 Å². The number of esters is 1. The molecule has 0 N–H and O–H groups in total. The van der Waals surface area contributed by atoms with Gasteiger partial charge in [-0.2, -0.15) is 0 Å². The van der Waals surface area contributed by atoms with E-state index in [1.54, 1.807) is 0 Å². The fraction of sp³-hybridized carbons (Fsp3) is 0.474. The number of methoxy groups -OCH3 is 1. The number of aryl methyl sites for hydroxylation is 1. The second-order valence-electron chi connectivity index (χ2n) is 12.6. The van der Waals surface area contributed by atoms with Crippen LogP contribution in [-0.2, 0) is 43.2 Å². The zero-order chi connectivity index (χ0) is 32.4. The van der Waals surface area contributed by atoms with Gasteiger partial charge in [-0.25, -0.2) is 4.79 Å². The van der Waals surface area contributed by atoms with Crippen LogP contribution < -0.4 is 4.74 Å². The average molecular weight is 630 g/mol. The van der Waals surface area contributed by atoms with Crippen LogP contribution in [-0.4, -0.2) is 56.2 Å². The van der Waals surface area contributed by atoms with Crippen molar-refractivity contribution >= 4 is 12.1 Å². The summed E-state index contributed by atoms with van der Waals surface area (Å²) in [6.45, 7) is 7.11. The third kappa shape index (κ3) is 9.56. The van der Waals surface area contributed by atoms with Gasteiger partial charge in [0.1, 0.15) is 11.9 Å². The normalized spacial score (nSPS) is 16.9. The molecule has 3 aromatic carbocycles. The van der Waals surface area contributed by atoms with Gasteiger partial charge in [-0.1, -0.05) is 67.4 Å². The maximum absolute atomic E-state index is 12.5. The van der Waals surface area contributed by atoms with Crippen LogP contribution in [0, 0.1) is 0 Å². The van der Waals surface area contributed by atoms with Crippen molar-refractivity contribution in [2.75, 3.05) is 33.4 Å². The van der Waals surface area contributed by atoms with Crippen LogP contribution in [0.4, 0.5) is 4.79 Å². The Bertz CT molecular complexity index is 1470. The SMILES string of the molecule is COC(=O)Cc1cccc(-c2cccc(CCCCOCCCCCCN3C[C@@H](c4ccc5c(c4)COC(C)(C)O5)OC3=O)c2)c1. The summed E-state index contributed by atoms with van der Waals surface area (Å²) in [5.41, 5.74) is 6.49. The van der Waals surface area contributed by atoms with Crippen molar-refractivity contribution in [2.24, 2.45) is 0 Å². The van der Waals surface area contributed by atoms with Crippen molar-refractivity contribution in [1.29, 1.82) is 0 Å². The topological polar surface area (TPSA) is 83.5 Å². The van der Waals surface area contributed by atoms with Gasteiger partial charge in [-0.15, -0.1) is 0 Å². The molecular weight excluding hydrogens is 582 g/mol. The van der Waals surface area contributed by atoms with E-state index in [9.17, 15) is 9.59 Å². The number of cyclic esters (lactones) is 1. The molecule has 2 heterocycles. The molecule has 8 heteroatoms. The molecule has 1 atom stereocenters.